The van der Waals surface area contributed by atoms with Crippen molar-refractivity contribution in [3.63, 3.8) is 0 Å². The zero-order valence-electron chi connectivity index (χ0n) is 10.3. The smallest absolute Gasteiger partial charge is 0.152 e. The van der Waals surface area contributed by atoms with Crippen LogP contribution in [0.2, 0.25) is 0 Å². The summed E-state index contributed by atoms with van der Waals surface area (Å²) in [6, 6.07) is 2.57. The Balaban J connectivity index is 2.17. The van der Waals surface area contributed by atoms with Gasteiger partial charge < -0.3 is 15.5 Å². The van der Waals surface area contributed by atoms with Gasteiger partial charge in [0.1, 0.15) is 0 Å². The molecule has 88 valence electrons. The molecule has 1 saturated heterocycles. The van der Waals surface area contributed by atoms with Crippen LogP contribution < -0.4 is 10.6 Å². The number of hydrogen-bond acceptors (Lipinski definition) is 4. The summed E-state index contributed by atoms with van der Waals surface area (Å²) in [5.74, 6) is 0.948. The number of anilines is 2. The number of rotatable bonds is 2. The first-order valence-electron chi connectivity index (χ1n) is 5.72. The number of likely N-dealkylation sites (N-methyl/N-ethyl adjacent to an activating group) is 1. The molecule has 1 aliphatic heterocycles. The summed E-state index contributed by atoms with van der Waals surface area (Å²) in [7, 11) is 4.25. The van der Waals surface area contributed by atoms with Gasteiger partial charge in [0, 0.05) is 25.3 Å². The Kier molecular flexibility index (Phi) is 3.01. The first-order chi connectivity index (χ1) is 7.59. The SMILES string of the molecule is Cc1ccnc(N2CCC(N(C)C)C2)c1N. The summed E-state index contributed by atoms with van der Waals surface area (Å²) in [5, 5.41) is 0. The Morgan fingerprint density at radius 2 is 2.25 bits per heavy atom. The minimum atomic E-state index is 0.613. The van der Waals surface area contributed by atoms with E-state index < -0.39 is 0 Å². The summed E-state index contributed by atoms with van der Waals surface area (Å²) in [4.78, 5) is 8.95. The lowest BCUT2D eigenvalue weighted by Gasteiger charge is -2.22. The molecule has 0 spiro atoms. The second kappa shape index (κ2) is 4.29. The number of pyridine rings is 1. The molecular formula is C12H20N4. The molecule has 2 rings (SSSR count). The van der Waals surface area contributed by atoms with E-state index in [4.69, 9.17) is 5.73 Å². The standard InChI is InChI=1S/C12H20N4/c1-9-4-6-14-12(11(9)13)16-7-5-10(8-16)15(2)3/h4,6,10H,5,7-8,13H2,1-3H3. The average Bonchev–Trinajstić information content (AvgIpc) is 2.71. The molecule has 1 aromatic rings. The van der Waals surface area contributed by atoms with Gasteiger partial charge in [0.25, 0.3) is 0 Å². The van der Waals surface area contributed by atoms with E-state index in [0.717, 1.165) is 30.2 Å². The van der Waals surface area contributed by atoms with Crippen LogP contribution in [0, 0.1) is 6.92 Å². The molecule has 0 saturated carbocycles. The van der Waals surface area contributed by atoms with Crippen LogP contribution in [0.5, 0.6) is 0 Å². The lowest BCUT2D eigenvalue weighted by atomic mass is 10.2. The highest BCUT2D eigenvalue weighted by atomic mass is 15.3. The number of aromatic nitrogens is 1. The monoisotopic (exact) mass is 220 g/mol. The third kappa shape index (κ3) is 1.97. The Labute approximate surface area is 97.1 Å². The lowest BCUT2D eigenvalue weighted by Crippen LogP contribution is -2.32. The maximum atomic E-state index is 6.07. The molecule has 0 amide bonds. The van der Waals surface area contributed by atoms with Crippen molar-refractivity contribution in [1.82, 2.24) is 9.88 Å². The van der Waals surface area contributed by atoms with E-state index in [1.165, 1.54) is 6.42 Å². The van der Waals surface area contributed by atoms with Gasteiger partial charge in [-0.25, -0.2) is 4.98 Å². The Hall–Kier alpha value is -1.29. The van der Waals surface area contributed by atoms with E-state index >= 15 is 0 Å². The fourth-order valence-electron chi connectivity index (χ4n) is 2.16. The molecule has 1 fully saturated rings. The van der Waals surface area contributed by atoms with Crippen LogP contribution in [-0.4, -0.2) is 43.1 Å². The van der Waals surface area contributed by atoms with Crippen LogP contribution in [0.25, 0.3) is 0 Å². The number of nitrogen functional groups attached to an aromatic ring is 1. The van der Waals surface area contributed by atoms with E-state index in [2.05, 4.69) is 28.9 Å². The number of nitrogens with two attached hydrogens (primary N) is 1. The summed E-state index contributed by atoms with van der Waals surface area (Å²) in [5.41, 5.74) is 8.00. The summed E-state index contributed by atoms with van der Waals surface area (Å²) >= 11 is 0. The van der Waals surface area contributed by atoms with Gasteiger partial charge in [-0.05, 0) is 39.1 Å². The maximum absolute atomic E-state index is 6.07. The third-order valence-electron chi connectivity index (χ3n) is 3.38. The predicted octanol–water partition coefficient (Wildman–Crippen LogP) is 1.11. The first-order valence-corrected chi connectivity index (χ1v) is 5.72. The van der Waals surface area contributed by atoms with Crippen LogP contribution in [0.3, 0.4) is 0 Å². The van der Waals surface area contributed by atoms with Crippen molar-refractivity contribution in [2.24, 2.45) is 0 Å². The Morgan fingerprint density at radius 1 is 1.50 bits per heavy atom. The quantitative estimate of drug-likeness (QED) is 0.811. The van der Waals surface area contributed by atoms with Crippen molar-refractivity contribution in [2.75, 3.05) is 37.8 Å². The van der Waals surface area contributed by atoms with Gasteiger partial charge in [-0.2, -0.15) is 0 Å². The predicted molar refractivity (Wildman–Crippen MR) is 67.7 cm³/mol. The topological polar surface area (TPSA) is 45.4 Å². The van der Waals surface area contributed by atoms with Gasteiger partial charge >= 0.3 is 0 Å². The van der Waals surface area contributed by atoms with Crippen LogP contribution >= 0.6 is 0 Å². The molecule has 0 bridgehead atoms. The molecular weight excluding hydrogens is 200 g/mol. The number of nitrogens with zero attached hydrogens (tertiary/aromatic N) is 3. The zero-order chi connectivity index (χ0) is 11.7. The molecule has 1 aromatic heterocycles. The molecule has 1 atom stereocenters. The molecule has 0 radical (unpaired) electrons. The van der Waals surface area contributed by atoms with Crippen molar-refractivity contribution < 1.29 is 0 Å². The largest absolute Gasteiger partial charge is 0.396 e. The molecule has 0 aliphatic carbocycles. The minimum Gasteiger partial charge on any atom is -0.396 e. The zero-order valence-corrected chi connectivity index (χ0v) is 10.3. The molecule has 4 nitrogen and oxygen atoms in total. The van der Waals surface area contributed by atoms with Crippen molar-refractivity contribution in [2.45, 2.75) is 19.4 Å². The number of hydrogen-bond donors (Lipinski definition) is 1. The van der Waals surface area contributed by atoms with Crippen molar-refractivity contribution >= 4 is 11.5 Å². The minimum absolute atomic E-state index is 0.613. The second-order valence-corrected chi connectivity index (χ2v) is 4.72. The van der Waals surface area contributed by atoms with E-state index in [0.29, 0.717) is 6.04 Å². The summed E-state index contributed by atoms with van der Waals surface area (Å²) < 4.78 is 0. The van der Waals surface area contributed by atoms with Gasteiger partial charge in [-0.15, -0.1) is 0 Å². The molecule has 16 heavy (non-hydrogen) atoms. The molecule has 1 aliphatic rings. The van der Waals surface area contributed by atoms with E-state index in [1.807, 2.05) is 19.2 Å². The fraction of sp³-hybridized carbons (Fsp3) is 0.583. The second-order valence-electron chi connectivity index (χ2n) is 4.72. The van der Waals surface area contributed by atoms with Gasteiger partial charge in [-0.1, -0.05) is 0 Å². The van der Waals surface area contributed by atoms with Crippen molar-refractivity contribution in [1.29, 1.82) is 0 Å². The van der Waals surface area contributed by atoms with Gasteiger partial charge in [0.15, 0.2) is 5.82 Å². The molecule has 1 unspecified atom stereocenters. The molecule has 2 heterocycles. The molecule has 0 aromatic carbocycles. The summed E-state index contributed by atoms with van der Waals surface area (Å²) in [6.45, 7) is 4.09. The fourth-order valence-corrected chi connectivity index (χ4v) is 2.16. The van der Waals surface area contributed by atoms with Crippen LogP contribution in [0.1, 0.15) is 12.0 Å². The van der Waals surface area contributed by atoms with E-state index in [-0.39, 0.29) is 0 Å². The molecule has 2 N–H and O–H groups in total. The Bertz CT molecular complexity index is 375. The van der Waals surface area contributed by atoms with Crippen LogP contribution in [0.15, 0.2) is 12.3 Å². The highest BCUT2D eigenvalue weighted by Gasteiger charge is 2.26. The van der Waals surface area contributed by atoms with Crippen LogP contribution in [0.4, 0.5) is 11.5 Å². The van der Waals surface area contributed by atoms with Crippen molar-refractivity contribution in [3.8, 4) is 0 Å². The highest BCUT2D eigenvalue weighted by molar-refractivity contribution is 5.66. The number of aryl methyl sites for hydroxylation is 1. The third-order valence-corrected chi connectivity index (χ3v) is 3.38. The summed E-state index contributed by atoms with van der Waals surface area (Å²) in [6.07, 6.45) is 3.02. The van der Waals surface area contributed by atoms with Gasteiger partial charge in [-0.3, -0.25) is 0 Å². The first kappa shape index (κ1) is 11.2. The normalized spacial score (nSPS) is 20.8. The lowest BCUT2D eigenvalue weighted by molar-refractivity contribution is 0.315. The van der Waals surface area contributed by atoms with Gasteiger partial charge in [0.2, 0.25) is 0 Å². The molecule has 4 heteroatoms. The van der Waals surface area contributed by atoms with E-state index in [9.17, 15) is 0 Å². The van der Waals surface area contributed by atoms with Gasteiger partial charge in [0.05, 0.1) is 5.69 Å². The maximum Gasteiger partial charge on any atom is 0.152 e. The highest BCUT2D eigenvalue weighted by Crippen LogP contribution is 2.27. The average molecular weight is 220 g/mol. The van der Waals surface area contributed by atoms with Crippen LogP contribution in [-0.2, 0) is 0 Å². The van der Waals surface area contributed by atoms with E-state index in [1.54, 1.807) is 0 Å². The Morgan fingerprint density at radius 3 is 2.88 bits per heavy atom. The van der Waals surface area contributed by atoms with Crippen molar-refractivity contribution in [3.05, 3.63) is 17.8 Å².